The first-order valence-electron chi connectivity index (χ1n) is 5.58. The number of halogens is 2. The Hall–Kier alpha value is -1.92. The summed E-state index contributed by atoms with van der Waals surface area (Å²) in [4.78, 5) is 8.39. The lowest BCUT2D eigenvalue weighted by molar-refractivity contribution is 0.425. The van der Waals surface area contributed by atoms with Crippen LogP contribution in [0.2, 0.25) is 5.02 Å². The third-order valence-corrected chi connectivity index (χ3v) is 3.28. The Kier molecular flexibility index (Phi) is 3.42. The predicted octanol–water partition coefficient (Wildman–Crippen LogP) is 3.92. The molecule has 0 bridgehead atoms. The smallest absolute Gasteiger partial charge is 0.262 e. The number of phenolic OH excluding ortho intramolecular Hbond substituents is 1. The summed E-state index contributed by atoms with van der Waals surface area (Å²) in [5, 5.41) is 14.1. The van der Waals surface area contributed by atoms with Gasteiger partial charge in [0, 0.05) is 15.7 Å². The van der Waals surface area contributed by atoms with Crippen LogP contribution in [0.3, 0.4) is 0 Å². The largest absolute Gasteiger partial charge is 0.507 e. The fourth-order valence-corrected chi connectivity index (χ4v) is 2.03. The number of nitrogens with zero attached hydrogens (tertiary/aromatic N) is 3. The third kappa shape index (κ3) is 2.52. The monoisotopic (exact) mass is 351 g/mol. The third-order valence-electron chi connectivity index (χ3n) is 2.57. The van der Waals surface area contributed by atoms with Crippen molar-refractivity contribution < 1.29 is 9.63 Å². The van der Waals surface area contributed by atoms with Gasteiger partial charge in [-0.2, -0.15) is 4.98 Å². The van der Waals surface area contributed by atoms with Gasteiger partial charge in [0.1, 0.15) is 11.4 Å². The molecule has 0 fully saturated rings. The van der Waals surface area contributed by atoms with Crippen molar-refractivity contribution in [1.29, 1.82) is 0 Å². The Balaban J connectivity index is 1.99. The van der Waals surface area contributed by atoms with Crippen LogP contribution < -0.4 is 0 Å². The molecule has 0 unspecified atom stereocenters. The van der Waals surface area contributed by atoms with E-state index in [-0.39, 0.29) is 11.6 Å². The molecule has 0 spiro atoms. The van der Waals surface area contributed by atoms with Crippen molar-refractivity contribution in [2.45, 2.75) is 0 Å². The zero-order valence-electron chi connectivity index (χ0n) is 9.92. The normalized spacial score (nSPS) is 10.7. The van der Waals surface area contributed by atoms with E-state index >= 15 is 0 Å². The zero-order valence-corrected chi connectivity index (χ0v) is 12.3. The highest BCUT2D eigenvalue weighted by molar-refractivity contribution is 9.10. The fraction of sp³-hybridized carbons (Fsp3) is 0. The quantitative estimate of drug-likeness (QED) is 0.757. The van der Waals surface area contributed by atoms with Gasteiger partial charge in [-0.25, -0.2) is 0 Å². The van der Waals surface area contributed by atoms with Crippen molar-refractivity contribution >= 4 is 27.5 Å². The van der Waals surface area contributed by atoms with E-state index in [4.69, 9.17) is 16.1 Å². The van der Waals surface area contributed by atoms with E-state index in [1.54, 1.807) is 24.4 Å². The summed E-state index contributed by atoms with van der Waals surface area (Å²) < 4.78 is 6.00. The molecule has 0 amide bonds. The van der Waals surface area contributed by atoms with Gasteiger partial charge >= 0.3 is 0 Å². The number of pyridine rings is 1. The van der Waals surface area contributed by atoms with Crippen LogP contribution in [0, 0.1) is 0 Å². The van der Waals surface area contributed by atoms with Crippen molar-refractivity contribution in [2.75, 3.05) is 0 Å². The molecule has 0 radical (unpaired) electrons. The van der Waals surface area contributed by atoms with Gasteiger partial charge < -0.3 is 9.63 Å². The Morgan fingerprint density at radius 1 is 1.20 bits per heavy atom. The first-order valence-corrected chi connectivity index (χ1v) is 6.75. The van der Waals surface area contributed by atoms with Gasteiger partial charge in [-0.3, -0.25) is 4.98 Å². The molecule has 1 aromatic carbocycles. The highest BCUT2D eigenvalue weighted by Gasteiger charge is 2.14. The maximum Gasteiger partial charge on any atom is 0.262 e. The Labute approximate surface area is 127 Å². The van der Waals surface area contributed by atoms with Crippen molar-refractivity contribution in [1.82, 2.24) is 15.1 Å². The Morgan fingerprint density at radius 3 is 2.75 bits per heavy atom. The summed E-state index contributed by atoms with van der Waals surface area (Å²) in [6.07, 6.45) is 1.64. The number of hydrogen-bond donors (Lipinski definition) is 1. The number of hydrogen-bond acceptors (Lipinski definition) is 5. The molecule has 0 atom stereocenters. The second-order valence-electron chi connectivity index (χ2n) is 3.95. The standard InChI is InChI=1S/C13H7BrClN3O2/c14-7-1-4-10(16-6-7)12-17-13(20-18-12)9-3-2-8(15)5-11(9)19/h1-6,19H. The number of aromatic nitrogens is 3. The molecule has 1 N–H and O–H groups in total. The first-order chi connectivity index (χ1) is 9.63. The molecule has 0 aliphatic heterocycles. The summed E-state index contributed by atoms with van der Waals surface area (Å²) >= 11 is 9.08. The molecule has 2 aromatic heterocycles. The maximum absolute atomic E-state index is 9.83. The Morgan fingerprint density at radius 2 is 2.05 bits per heavy atom. The van der Waals surface area contributed by atoms with Crippen LogP contribution in [-0.4, -0.2) is 20.2 Å². The molecule has 3 aromatic rings. The van der Waals surface area contributed by atoms with Crippen LogP contribution in [0.15, 0.2) is 45.5 Å². The van der Waals surface area contributed by atoms with Crippen molar-refractivity contribution in [2.24, 2.45) is 0 Å². The lowest BCUT2D eigenvalue weighted by Gasteiger charge is -1.98. The average Bonchev–Trinajstić information content (AvgIpc) is 2.89. The molecular weight excluding hydrogens is 346 g/mol. The molecule has 0 aliphatic rings. The van der Waals surface area contributed by atoms with Gasteiger partial charge in [-0.1, -0.05) is 16.8 Å². The number of benzene rings is 1. The van der Waals surface area contributed by atoms with E-state index < -0.39 is 0 Å². The molecule has 3 rings (SSSR count). The maximum atomic E-state index is 9.83. The Bertz CT molecular complexity index is 759. The summed E-state index contributed by atoms with van der Waals surface area (Å²) in [5.41, 5.74) is 1.00. The SMILES string of the molecule is Oc1cc(Cl)ccc1-c1nc(-c2ccc(Br)cn2)no1. The van der Waals surface area contributed by atoms with Crippen molar-refractivity contribution in [3.8, 4) is 28.7 Å². The topological polar surface area (TPSA) is 72.0 Å². The molecule has 100 valence electrons. The first kappa shape index (κ1) is 13.1. The van der Waals surface area contributed by atoms with E-state index in [1.165, 1.54) is 6.07 Å². The zero-order chi connectivity index (χ0) is 14.1. The van der Waals surface area contributed by atoms with Gasteiger partial charge in [0.2, 0.25) is 5.82 Å². The van der Waals surface area contributed by atoms with Crippen LogP contribution >= 0.6 is 27.5 Å². The second kappa shape index (κ2) is 5.22. The molecule has 0 saturated heterocycles. The van der Waals surface area contributed by atoms with Gasteiger partial charge in [-0.15, -0.1) is 0 Å². The van der Waals surface area contributed by atoms with Gasteiger partial charge in [0.25, 0.3) is 5.89 Å². The predicted molar refractivity (Wildman–Crippen MR) is 77.3 cm³/mol. The minimum absolute atomic E-state index is 0.0172. The van der Waals surface area contributed by atoms with Crippen molar-refractivity contribution in [3.63, 3.8) is 0 Å². The summed E-state index contributed by atoms with van der Waals surface area (Å²) in [6, 6.07) is 8.26. The van der Waals surface area contributed by atoms with Crippen molar-refractivity contribution in [3.05, 3.63) is 46.0 Å². The van der Waals surface area contributed by atoms with E-state index in [1.807, 2.05) is 6.07 Å². The van der Waals surface area contributed by atoms with E-state index in [9.17, 15) is 5.11 Å². The van der Waals surface area contributed by atoms with Gasteiger partial charge in [0.15, 0.2) is 0 Å². The molecule has 20 heavy (non-hydrogen) atoms. The minimum atomic E-state index is -0.0172. The van der Waals surface area contributed by atoms with Crippen LogP contribution in [0.4, 0.5) is 0 Å². The highest BCUT2D eigenvalue weighted by Crippen LogP contribution is 2.31. The minimum Gasteiger partial charge on any atom is -0.507 e. The van der Waals surface area contributed by atoms with Crippen LogP contribution in [0.5, 0.6) is 5.75 Å². The number of phenols is 1. The lowest BCUT2D eigenvalue weighted by Crippen LogP contribution is -1.85. The second-order valence-corrected chi connectivity index (χ2v) is 5.30. The van der Waals surface area contributed by atoms with E-state index in [2.05, 4.69) is 31.1 Å². The lowest BCUT2D eigenvalue weighted by atomic mass is 10.2. The molecule has 0 aliphatic carbocycles. The fourth-order valence-electron chi connectivity index (χ4n) is 1.63. The van der Waals surface area contributed by atoms with E-state index in [0.717, 1.165) is 4.47 Å². The highest BCUT2D eigenvalue weighted by atomic mass is 79.9. The van der Waals surface area contributed by atoms with Crippen LogP contribution in [-0.2, 0) is 0 Å². The summed E-state index contributed by atoms with van der Waals surface area (Å²) in [6.45, 7) is 0. The van der Waals surface area contributed by atoms with Crippen LogP contribution in [0.1, 0.15) is 0 Å². The average molecular weight is 353 g/mol. The molecular formula is C13H7BrClN3O2. The molecule has 2 heterocycles. The van der Waals surface area contributed by atoms with E-state index in [0.29, 0.717) is 22.1 Å². The molecule has 7 heteroatoms. The summed E-state index contributed by atoms with van der Waals surface area (Å²) in [5.74, 6) is 0.539. The van der Waals surface area contributed by atoms with Gasteiger partial charge in [-0.05, 0) is 46.3 Å². The van der Waals surface area contributed by atoms with Crippen LogP contribution in [0.25, 0.3) is 23.0 Å². The number of aromatic hydroxyl groups is 1. The number of rotatable bonds is 2. The molecule has 5 nitrogen and oxygen atoms in total. The summed E-state index contributed by atoms with van der Waals surface area (Å²) in [7, 11) is 0. The molecule has 0 saturated carbocycles. The van der Waals surface area contributed by atoms with Gasteiger partial charge in [0.05, 0.1) is 5.56 Å².